The lowest BCUT2D eigenvalue weighted by molar-refractivity contribution is -0.384. The smallest absolute Gasteiger partial charge is 0.270 e. The van der Waals surface area contributed by atoms with Crippen molar-refractivity contribution in [1.29, 1.82) is 0 Å². The van der Waals surface area contributed by atoms with E-state index in [9.17, 15) is 10.1 Å². The number of nitro benzene ring substituents is 1. The molecule has 6 heteroatoms. The number of aromatic nitrogens is 2. The van der Waals surface area contributed by atoms with E-state index in [1.165, 1.54) is 12.1 Å². The van der Waals surface area contributed by atoms with Crippen LogP contribution in [0.3, 0.4) is 0 Å². The molecule has 1 aliphatic carbocycles. The van der Waals surface area contributed by atoms with E-state index < -0.39 is 4.92 Å². The molecule has 1 heterocycles. The van der Waals surface area contributed by atoms with Crippen LogP contribution in [0.25, 0.3) is 11.3 Å². The Balaban J connectivity index is 2.04. The minimum atomic E-state index is -0.405. The van der Waals surface area contributed by atoms with Crippen molar-refractivity contribution in [3.05, 3.63) is 45.9 Å². The summed E-state index contributed by atoms with van der Waals surface area (Å²) in [4.78, 5) is 18.1. The third kappa shape index (κ3) is 2.00. The molecule has 0 spiro atoms. The number of imidazole rings is 1. The van der Waals surface area contributed by atoms with Crippen LogP contribution in [0.1, 0.15) is 24.4 Å². The van der Waals surface area contributed by atoms with Crippen LogP contribution in [-0.2, 0) is 5.54 Å². The average Bonchev–Trinajstić information content (AvgIpc) is 3.00. The van der Waals surface area contributed by atoms with Crippen molar-refractivity contribution >= 4 is 5.69 Å². The maximum absolute atomic E-state index is 10.8. The normalized spacial score (nSPS) is 16.3. The monoisotopic (exact) mass is 258 g/mol. The van der Waals surface area contributed by atoms with Gasteiger partial charge in [-0.1, -0.05) is 12.1 Å². The molecule has 0 unspecified atom stereocenters. The standard InChI is InChI=1S/C13H14N4O2/c1-8-11(16-12(15-8)13(14)5-6-13)9-3-2-4-10(7-9)17(18)19/h2-4,7H,5-6,14H2,1H3,(H,15,16). The van der Waals surface area contributed by atoms with Gasteiger partial charge in [0.05, 0.1) is 16.2 Å². The van der Waals surface area contributed by atoms with E-state index in [-0.39, 0.29) is 11.2 Å². The van der Waals surface area contributed by atoms with Crippen molar-refractivity contribution in [3.8, 4) is 11.3 Å². The highest BCUT2D eigenvalue weighted by atomic mass is 16.6. The number of hydrogen-bond donors (Lipinski definition) is 2. The second-order valence-electron chi connectivity index (χ2n) is 5.02. The third-order valence-electron chi connectivity index (χ3n) is 3.48. The first kappa shape index (κ1) is 11.9. The summed E-state index contributed by atoms with van der Waals surface area (Å²) in [5, 5.41) is 10.8. The van der Waals surface area contributed by atoms with Gasteiger partial charge in [-0.15, -0.1) is 0 Å². The summed E-state index contributed by atoms with van der Waals surface area (Å²) in [6.07, 6.45) is 1.85. The van der Waals surface area contributed by atoms with E-state index in [1.807, 2.05) is 13.0 Å². The van der Waals surface area contributed by atoms with Gasteiger partial charge in [0.1, 0.15) is 5.82 Å². The number of aromatic amines is 1. The Morgan fingerprint density at radius 3 is 2.84 bits per heavy atom. The molecular weight excluding hydrogens is 244 g/mol. The molecule has 6 nitrogen and oxygen atoms in total. The van der Waals surface area contributed by atoms with Gasteiger partial charge in [0.25, 0.3) is 5.69 Å². The molecule has 1 aliphatic rings. The topological polar surface area (TPSA) is 97.8 Å². The number of nitrogens with two attached hydrogens (primary N) is 1. The van der Waals surface area contributed by atoms with Crippen LogP contribution in [0.15, 0.2) is 24.3 Å². The van der Waals surface area contributed by atoms with E-state index in [0.717, 1.165) is 35.6 Å². The number of nitrogens with one attached hydrogen (secondary N) is 1. The number of nitro groups is 1. The Labute approximate surface area is 109 Å². The molecule has 98 valence electrons. The predicted octanol–water partition coefficient (Wildman–Crippen LogP) is 2.24. The fourth-order valence-corrected chi connectivity index (χ4v) is 2.12. The number of H-pyrrole nitrogens is 1. The zero-order valence-electron chi connectivity index (χ0n) is 10.5. The number of aryl methyl sites for hydroxylation is 1. The van der Waals surface area contributed by atoms with Gasteiger partial charge >= 0.3 is 0 Å². The summed E-state index contributed by atoms with van der Waals surface area (Å²) >= 11 is 0. The summed E-state index contributed by atoms with van der Waals surface area (Å²) < 4.78 is 0. The van der Waals surface area contributed by atoms with E-state index in [4.69, 9.17) is 5.73 Å². The minimum absolute atomic E-state index is 0.0651. The van der Waals surface area contributed by atoms with Crippen molar-refractivity contribution < 1.29 is 4.92 Å². The highest BCUT2D eigenvalue weighted by molar-refractivity contribution is 5.65. The number of nitrogens with zero attached hydrogens (tertiary/aromatic N) is 2. The first-order valence-electron chi connectivity index (χ1n) is 6.10. The SMILES string of the molecule is Cc1[nH]c(C2(N)CC2)nc1-c1cccc([N+](=O)[O-])c1. The van der Waals surface area contributed by atoms with Gasteiger partial charge in [0, 0.05) is 23.4 Å². The van der Waals surface area contributed by atoms with Gasteiger partial charge in [-0.05, 0) is 19.8 Å². The largest absolute Gasteiger partial charge is 0.344 e. The van der Waals surface area contributed by atoms with Crippen molar-refractivity contribution in [1.82, 2.24) is 9.97 Å². The Morgan fingerprint density at radius 1 is 1.47 bits per heavy atom. The fourth-order valence-electron chi connectivity index (χ4n) is 2.12. The quantitative estimate of drug-likeness (QED) is 0.651. The van der Waals surface area contributed by atoms with Gasteiger partial charge < -0.3 is 10.7 Å². The zero-order valence-corrected chi connectivity index (χ0v) is 10.5. The lowest BCUT2D eigenvalue weighted by Gasteiger charge is -2.02. The van der Waals surface area contributed by atoms with Crippen molar-refractivity contribution in [3.63, 3.8) is 0 Å². The lowest BCUT2D eigenvalue weighted by atomic mass is 10.1. The van der Waals surface area contributed by atoms with Crippen LogP contribution >= 0.6 is 0 Å². The molecule has 1 aromatic heterocycles. The van der Waals surface area contributed by atoms with Crippen LogP contribution in [-0.4, -0.2) is 14.9 Å². The van der Waals surface area contributed by atoms with Crippen LogP contribution in [0.5, 0.6) is 0 Å². The van der Waals surface area contributed by atoms with E-state index in [2.05, 4.69) is 9.97 Å². The summed E-state index contributed by atoms with van der Waals surface area (Å²) in [5.41, 5.74) is 8.19. The van der Waals surface area contributed by atoms with Gasteiger partial charge in [0.2, 0.25) is 0 Å². The molecule has 0 radical (unpaired) electrons. The van der Waals surface area contributed by atoms with E-state index in [0.29, 0.717) is 0 Å². The fraction of sp³-hybridized carbons (Fsp3) is 0.308. The van der Waals surface area contributed by atoms with Gasteiger partial charge in [-0.2, -0.15) is 0 Å². The summed E-state index contributed by atoms with van der Waals surface area (Å²) in [6.45, 7) is 1.90. The van der Waals surface area contributed by atoms with Gasteiger partial charge in [-0.25, -0.2) is 4.98 Å². The maximum Gasteiger partial charge on any atom is 0.270 e. The second kappa shape index (κ2) is 3.89. The number of benzene rings is 1. The number of rotatable bonds is 3. The van der Waals surface area contributed by atoms with E-state index >= 15 is 0 Å². The zero-order chi connectivity index (χ0) is 13.6. The highest BCUT2D eigenvalue weighted by Crippen LogP contribution is 2.42. The number of hydrogen-bond acceptors (Lipinski definition) is 4. The molecule has 0 saturated heterocycles. The molecule has 2 aromatic rings. The molecule has 0 bridgehead atoms. The summed E-state index contributed by atoms with van der Waals surface area (Å²) in [7, 11) is 0. The molecule has 0 aliphatic heterocycles. The molecule has 1 aromatic carbocycles. The molecule has 3 rings (SSSR count). The molecule has 19 heavy (non-hydrogen) atoms. The maximum atomic E-state index is 10.8. The number of non-ortho nitro benzene ring substituents is 1. The van der Waals surface area contributed by atoms with Gasteiger partial charge in [0.15, 0.2) is 0 Å². The van der Waals surface area contributed by atoms with Crippen molar-refractivity contribution in [2.45, 2.75) is 25.3 Å². The van der Waals surface area contributed by atoms with Crippen molar-refractivity contribution in [2.75, 3.05) is 0 Å². The highest BCUT2D eigenvalue weighted by Gasteiger charge is 2.43. The molecule has 0 atom stereocenters. The molecule has 0 amide bonds. The van der Waals surface area contributed by atoms with Crippen LogP contribution in [0.4, 0.5) is 5.69 Å². The summed E-state index contributed by atoms with van der Waals surface area (Å²) in [6, 6.07) is 6.48. The Kier molecular flexibility index (Phi) is 2.43. The average molecular weight is 258 g/mol. The minimum Gasteiger partial charge on any atom is -0.344 e. The molecular formula is C13H14N4O2. The molecule has 1 saturated carbocycles. The Hall–Kier alpha value is -2.21. The van der Waals surface area contributed by atoms with Crippen LogP contribution in [0.2, 0.25) is 0 Å². The predicted molar refractivity (Wildman–Crippen MR) is 70.5 cm³/mol. The Bertz CT molecular complexity index is 658. The third-order valence-corrected chi connectivity index (χ3v) is 3.48. The van der Waals surface area contributed by atoms with Crippen LogP contribution in [0, 0.1) is 17.0 Å². The van der Waals surface area contributed by atoms with E-state index in [1.54, 1.807) is 6.07 Å². The first-order chi connectivity index (χ1) is 8.99. The molecule has 3 N–H and O–H groups in total. The second-order valence-corrected chi connectivity index (χ2v) is 5.02. The van der Waals surface area contributed by atoms with Gasteiger partial charge in [-0.3, -0.25) is 10.1 Å². The molecule has 1 fully saturated rings. The lowest BCUT2D eigenvalue weighted by Crippen LogP contribution is -2.20. The summed E-state index contributed by atoms with van der Waals surface area (Å²) in [5.74, 6) is 0.770. The van der Waals surface area contributed by atoms with Crippen molar-refractivity contribution in [2.24, 2.45) is 5.73 Å². The first-order valence-corrected chi connectivity index (χ1v) is 6.10. The Morgan fingerprint density at radius 2 is 2.21 bits per heavy atom. The van der Waals surface area contributed by atoms with Crippen LogP contribution < -0.4 is 5.73 Å².